The summed E-state index contributed by atoms with van der Waals surface area (Å²) in [7, 11) is 0. The molecule has 0 aromatic heterocycles. The van der Waals surface area contributed by atoms with Gasteiger partial charge in [-0.2, -0.15) is 0 Å². The van der Waals surface area contributed by atoms with E-state index in [9.17, 15) is 15.3 Å². The van der Waals surface area contributed by atoms with Crippen LogP contribution in [0.3, 0.4) is 0 Å². The predicted octanol–water partition coefficient (Wildman–Crippen LogP) is 8.37. The van der Waals surface area contributed by atoms with Gasteiger partial charge in [0.2, 0.25) is 0 Å². The molecule has 0 amide bonds. The molecule has 328 valence electrons. The van der Waals surface area contributed by atoms with Gasteiger partial charge in [-0.05, 0) is 209 Å². The number of rotatable bonds is 18. The molecule has 5 heterocycles. The SMILES string of the molecule is CCCN(CC)Cc1cc(C(C)(c2cc(CN3CCCC3)c(O)c(CN3CCCC3)c2)c2cc(CN3CCCC3)c(O)c(CN3CCCC3)c2)cc(CN2CCCC2)c1O. The smallest absolute Gasteiger partial charge is 0.124 e. The number of hydrogen-bond acceptors (Lipinski definition) is 9. The summed E-state index contributed by atoms with van der Waals surface area (Å²) in [5, 5.41) is 36.6. The van der Waals surface area contributed by atoms with Crippen LogP contribution in [0, 0.1) is 0 Å². The molecule has 8 rings (SSSR count). The normalized spacial score (nSPS) is 20.2. The first kappa shape index (κ1) is 43.5. The van der Waals surface area contributed by atoms with E-state index >= 15 is 0 Å². The number of aromatic hydroxyl groups is 3. The minimum atomic E-state index is -0.662. The highest BCUT2D eigenvalue weighted by atomic mass is 16.3. The van der Waals surface area contributed by atoms with Crippen LogP contribution in [0.25, 0.3) is 0 Å². The van der Waals surface area contributed by atoms with Crippen LogP contribution in [-0.2, 0) is 44.7 Å². The van der Waals surface area contributed by atoms with Gasteiger partial charge in [-0.25, -0.2) is 0 Å². The molecule has 9 heteroatoms. The lowest BCUT2D eigenvalue weighted by atomic mass is 9.68. The van der Waals surface area contributed by atoms with Crippen molar-refractivity contribution < 1.29 is 15.3 Å². The minimum absolute atomic E-state index is 0.438. The standard InChI is InChI=1S/C51H76N6O3/c1-4-16-52(5-2)33-39-27-45(28-40(48(39)58)34-53-17-6-7-18-53)51(3,46-29-41(35-54-19-8-9-20-54)49(59)42(30-46)36-55-21-10-11-22-55)47-31-43(37-56-23-12-13-24-56)50(60)44(32-47)38-57-25-14-15-26-57/h27-32,58-60H,4-26,33-38H2,1-3H3. The highest BCUT2D eigenvalue weighted by Gasteiger charge is 2.37. The largest absolute Gasteiger partial charge is 0.507 e. The predicted molar refractivity (Wildman–Crippen MR) is 244 cm³/mol. The van der Waals surface area contributed by atoms with Crippen molar-refractivity contribution in [1.29, 1.82) is 0 Å². The van der Waals surface area contributed by atoms with Crippen molar-refractivity contribution in [2.45, 2.75) is 136 Å². The van der Waals surface area contributed by atoms with Gasteiger partial charge in [0.15, 0.2) is 0 Å². The summed E-state index contributed by atoms with van der Waals surface area (Å²) in [5.41, 5.74) is 8.92. The van der Waals surface area contributed by atoms with Gasteiger partial charge in [0.25, 0.3) is 0 Å². The van der Waals surface area contributed by atoms with Crippen LogP contribution in [0.15, 0.2) is 36.4 Å². The summed E-state index contributed by atoms with van der Waals surface area (Å²) in [6.45, 7) is 23.8. The fraction of sp³-hybridized carbons (Fsp3) is 0.647. The number of likely N-dealkylation sites (tertiary alicyclic amines) is 5. The van der Waals surface area contributed by atoms with Crippen LogP contribution in [-0.4, -0.2) is 123 Å². The van der Waals surface area contributed by atoms with E-state index in [1.54, 1.807) is 0 Å². The highest BCUT2D eigenvalue weighted by Crippen LogP contribution is 2.46. The quantitative estimate of drug-likeness (QED) is 0.110. The van der Waals surface area contributed by atoms with Gasteiger partial charge >= 0.3 is 0 Å². The number of phenols is 3. The maximum absolute atomic E-state index is 12.2. The first-order chi connectivity index (χ1) is 29.2. The lowest BCUT2D eigenvalue weighted by Crippen LogP contribution is -2.30. The van der Waals surface area contributed by atoms with Crippen LogP contribution in [0.4, 0.5) is 0 Å². The van der Waals surface area contributed by atoms with Crippen molar-refractivity contribution in [3.05, 3.63) is 86.5 Å². The fourth-order valence-corrected chi connectivity index (χ4v) is 11.2. The van der Waals surface area contributed by atoms with Gasteiger partial charge < -0.3 is 15.3 Å². The monoisotopic (exact) mass is 821 g/mol. The van der Waals surface area contributed by atoms with Crippen molar-refractivity contribution >= 4 is 0 Å². The van der Waals surface area contributed by atoms with Crippen molar-refractivity contribution in [2.75, 3.05) is 78.5 Å². The van der Waals surface area contributed by atoms with Crippen LogP contribution in [0.1, 0.15) is 141 Å². The Balaban J connectivity index is 1.36. The lowest BCUT2D eigenvalue weighted by Gasteiger charge is -2.36. The molecule has 0 spiro atoms. The molecule has 5 saturated heterocycles. The average Bonchev–Trinajstić information content (AvgIpc) is 4.11. The third-order valence-electron chi connectivity index (χ3n) is 14.9. The summed E-state index contributed by atoms with van der Waals surface area (Å²) < 4.78 is 0. The third kappa shape index (κ3) is 9.87. The molecule has 5 aliphatic heterocycles. The molecule has 60 heavy (non-hydrogen) atoms. The van der Waals surface area contributed by atoms with E-state index in [-0.39, 0.29) is 0 Å². The molecule has 0 bridgehead atoms. The maximum atomic E-state index is 12.2. The zero-order valence-corrected chi connectivity index (χ0v) is 37.5. The molecule has 0 aliphatic carbocycles. The molecular weight excluding hydrogens is 745 g/mol. The second-order valence-corrected chi connectivity index (χ2v) is 19.3. The topological polar surface area (TPSA) is 80.1 Å². The van der Waals surface area contributed by atoms with Crippen molar-refractivity contribution in [1.82, 2.24) is 29.4 Å². The van der Waals surface area contributed by atoms with Gasteiger partial charge in [-0.3, -0.25) is 29.4 Å². The van der Waals surface area contributed by atoms with Crippen LogP contribution in [0.2, 0.25) is 0 Å². The third-order valence-corrected chi connectivity index (χ3v) is 14.9. The molecule has 0 atom stereocenters. The van der Waals surface area contributed by atoms with Gasteiger partial charge in [0.05, 0.1) is 0 Å². The van der Waals surface area contributed by atoms with Crippen LogP contribution < -0.4 is 0 Å². The Hall–Kier alpha value is -3.18. The summed E-state index contributed by atoms with van der Waals surface area (Å²) in [4.78, 5) is 15.0. The Bertz CT molecular complexity index is 1720. The lowest BCUT2D eigenvalue weighted by molar-refractivity contribution is 0.274. The minimum Gasteiger partial charge on any atom is -0.507 e. The van der Waals surface area contributed by atoms with Gasteiger partial charge in [-0.1, -0.05) is 13.8 Å². The molecule has 0 saturated carbocycles. The van der Waals surface area contributed by atoms with Crippen molar-refractivity contribution in [3.63, 3.8) is 0 Å². The van der Waals surface area contributed by atoms with E-state index in [0.29, 0.717) is 23.8 Å². The molecule has 3 N–H and O–H groups in total. The molecule has 0 radical (unpaired) electrons. The number of hydrogen-bond donors (Lipinski definition) is 3. The van der Waals surface area contributed by atoms with E-state index in [1.807, 2.05) is 0 Å². The van der Waals surface area contributed by atoms with Crippen molar-refractivity contribution in [2.24, 2.45) is 0 Å². The number of phenolic OH excluding ortho intramolecular Hbond substituents is 3. The summed E-state index contributed by atoms with van der Waals surface area (Å²) in [6, 6.07) is 14.0. The maximum Gasteiger partial charge on any atom is 0.124 e. The van der Waals surface area contributed by atoms with E-state index in [4.69, 9.17) is 0 Å². The Labute approximate surface area is 362 Å². The molecule has 5 fully saturated rings. The molecular formula is C51H76N6O3. The van der Waals surface area contributed by atoms with Gasteiger partial charge in [0.1, 0.15) is 17.2 Å². The first-order valence-electron chi connectivity index (χ1n) is 24.1. The fourth-order valence-electron chi connectivity index (χ4n) is 11.2. The molecule has 5 aliphatic rings. The second-order valence-electron chi connectivity index (χ2n) is 19.3. The Morgan fingerprint density at radius 1 is 0.433 bits per heavy atom. The number of benzene rings is 3. The van der Waals surface area contributed by atoms with Crippen LogP contribution >= 0.6 is 0 Å². The Morgan fingerprint density at radius 3 is 0.933 bits per heavy atom. The molecule has 3 aromatic rings. The van der Waals surface area contributed by atoms with E-state index in [1.165, 1.54) is 80.9 Å². The Morgan fingerprint density at radius 2 is 0.683 bits per heavy atom. The second kappa shape index (κ2) is 19.9. The van der Waals surface area contributed by atoms with Gasteiger partial charge in [-0.15, -0.1) is 0 Å². The van der Waals surface area contributed by atoms with E-state index in [0.717, 1.165) is 151 Å². The highest BCUT2D eigenvalue weighted by molar-refractivity contribution is 5.60. The molecule has 9 nitrogen and oxygen atoms in total. The summed E-state index contributed by atoms with van der Waals surface area (Å²) >= 11 is 0. The molecule has 3 aromatic carbocycles. The average molecular weight is 821 g/mol. The zero-order chi connectivity index (χ0) is 41.6. The zero-order valence-electron chi connectivity index (χ0n) is 37.5. The number of nitrogens with zero attached hydrogens (tertiary/aromatic N) is 6. The van der Waals surface area contributed by atoms with E-state index < -0.39 is 5.41 Å². The van der Waals surface area contributed by atoms with Gasteiger partial charge in [0, 0.05) is 78.1 Å². The van der Waals surface area contributed by atoms with Crippen molar-refractivity contribution in [3.8, 4) is 17.2 Å². The summed E-state index contributed by atoms with van der Waals surface area (Å²) in [5.74, 6) is 1.34. The molecule has 0 unspecified atom stereocenters. The Kier molecular flexibility index (Phi) is 14.4. The van der Waals surface area contributed by atoms with Crippen LogP contribution in [0.5, 0.6) is 17.2 Å². The summed E-state index contributed by atoms with van der Waals surface area (Å²) in [6.07, 6.45) is 13.1. The first-order valence-corrected chi connectivity index (χ1v) is 24.1. The van der Waals surface area contributed by atoms with E-state index in [2.05, 4.69) is 86.6 Å².